The summed E-state index contributed by atoms with van der Waals surface area (Å²) in [5.74, 6) is 0. The van der Waals surface area contributed by atoms with Crippen LogP contribution in [0.2, 0.25) is 5.02 Å². The minimum absolute atomic E-state index is 0.787. The van der Waals surface area contributed by atoms with Gasteiger partial charge in [-0.05, 0) is 18.4 Å². The summed E-state index contributed by atoms with van der Waals surface area (Å²) in [4.78, 5) is 1.25. The van der Waals surface area contributed by atoms with Crippen molar-refractivity contribution >= 4 is 57.4 Å². The molecule has 4 heteroatoms. The quantitative estimate of drug-likeness (QED) is 0.568. The minimum atomic E-state index is 0.787. The van der Waals surface area contributed by atoms with E-state index in [0.717, 1.165) is 9.23 Å². The van der Waals surface area contributed by atoms with Gasteiger partial charge in [0.1, 0.15) is 0 Å². The van der Waals surface area contributed by atoms with Gasteiger partial charge in [0.15, 0.2) is 0 Å². The van der Waals surface area contributed by atoms with E-state index >= 15 is 0 Å². The first-order valence-corrected chi connectivity index (χ1v) is 6.54. The van der Waals surface area contributed by atoms with Crippen LogP contribution < -0.4 is 0 Å². The fraction of sp³-hybridized carbons (Fsp3) is 0.111. The van der Waals surface area contributed by atoms with E-state index in [4.69, 9.17) is 11.6 Å². The van der Waals surface area contributed by atoms with Crippen molar-refractivity contribution in [3.63, 3.8) is 0 Å². The molecule has 0 amide bonds. The minimum Gasteiger partial charge on any atom is -0.132 e. The van der Waals surface area contributed by atoms with Gasteiger partial charge in [-0.2, -0.15) is 0 Å². The van der Waals surface area contributed by atoms with Crippen LogP contribution in [-0.2, 0) is 0 Å². The molecule has 0 spiro atoms. The molecule has 1 heterocycles. The summed E-state index contributed by atoms with van der Waals surface area (Å²) in [6, 6.07) is 5.96. The van der Waals surface area contributed by atoms with Gasteiger partial charge in [0.2, 0.25) is 0 Å². The molecule has 0 N–H and O–H groups in total. The summed E-state index contributed by atoms with van der Waals surface area (Å²) < 4.78 is 2.28. The van der Waals surface area contributed by atoms with Crippen molar-refractivity contribution in [2.24, 2.45) is 0 Å². The first-order valence-electron chi connectivity index (χ1n) is 3.67. The fourth-order valence-corrected chi connectivity index (χ4v) is 4.05. The van der Waals surface area contributed by atoms with E-state index in [1.54, 1.807) is 23.1 Å². The van der Waals surface area contributed by atoms with Crippen molar-refractivity contribution in [1.29, 1.82) is 0 Å². The zero-order valence-corrected chi connectivity index (χ0v) is 10.2. The maximum atomic E-state index is 5.90. The van der Waals surface area contributed by atoms with E-state index in [2.05, 4.69) is 25.0 Å². The third kappa shape index (κ3) is 1.71. The Kier molecular flexibility index (Phi) is 2.79. The van der Waals surface area contributed by atoms with Crippen LogP contribution in [0, 0.1) is 0 Å². The lowest BCUT2D eigenvalue weighted by Crippen LogP contribution is -1.67. The summed E-state index contributed by atoms with van der Waals surface area (Å²) in [7, 11) is 0. The Morgan fingerprint density at radius 1 is 1.46 bits per heavy atom. The first-order chi connectivity index (χ1) is 6.22. The second-order valence-electron chi connectivity index (χ2n) is 2.58. The summed E-state index contributed by atoms with van der Waals surface area (Å²) in [5, 5.41) is 2.04. The van der Waals surface area contributed by atoms with Crippen molar-refractivity contribution in [3.05, 3.63) is 23.2 Å². The molecule has 0 aliphatic carbocycles. The number of hydrogen-bond acceptors (Lipinski definition) is 3. The second-order valence-corrected chi connectivity index (χ2v) is 5.64. The Morgan fingerprint density at radius 2 is 2.23 bits per heavy atom. The molecule has 2 rings (SSSR count). The predicted molar refractivity (Wildman–Crippen MR) is 65.9 cm³/mol. The molecule has 0 saturated carbocycles. The van der Waals surface area contributed by atoms with E-state index in [1.165, 1.54) is 15.0 Å². The summed E-state index contributed by atoms with van der Waals surface area (Å²) in [5.41, 5.74) is 0. The highest BCUT2D eigenvalue weighted by atomic mass is 35.5. The molecule has 68 valence electrons. The van der Waals surface area contributed by atoms with Gasteiger partial charge >= 0.3 is 0 Å². The Morgan fingerprint density at radius 3 is 2.92 bits per heavy atom. The zero-order chi connectivity index (χ0) is 9.42. The molecule has 0 atom stereocenters. The van der Waals surface area contributed by atoms with Gasteiger partial charge in [-0.3, -0.25) is 0 Å². The number of hydrogen-bond donors (Lipinski definition) is 1. The lowest BCUT2D eigenvalue weighted by molar-refractivity contribution is 1.47. The van der Waals surface area contributed by atoms with Gasteiger partial charge in [0.05, 0.1) is 4.21 Å². The first kappa shape index (κ1) is 9.71. The molecule has 0 nitrogen and oxygen atoms in total. The Balaban J connectivity index is 2.79. The molecule has 0 aliphatic heterocycles. The average Bonchev–Trinajstić information content (AvgIpc) is 2.39. The third-order valence-corrected chi connectivity index (χ3v) is 4.59. The van der Waals surface area contributed by atoms with Crippen molar-refractivity contribution in [2.45, 2.75) is 9.10 Å². The molecule has 1 aromatic carbocycles. The van der Waals surface area contributed by atoms with Crippen LogP contribution >= 0.6 is 47.3 Å². The number of benzene rings is 1. The van der Waals surface area contributed by atoms with Gasteiger partial charge in [0, 0.05) is 20.0 Å². The van der Waals surface area contributed by atoms with Gasteiger partial charge in [-0.1, -0.05) is 17.7 Å². The summed E-state index contributed by atoms with van der Waals surface area (Å²) in [6.07, 6.45) is 2.07. The van der Waals surface area contributed by atoms with Crippen LogP contribution in [-0.4, -0.2) is 6.26 Å². The highest BCUT2D eigenvalue weighted by Gasteiger charge is 2.08. The molecule has 13 heavy (non-hydrogen) atoms. The Bertz CT molecular complexity index is 447. The van der Waals surface area contributed by atoms with Crippen LogP contribution in [0.15, 0.2) is 27.3 Å². The standard InChI is InChI=1S/C9H7ClS3/c1-12-8-6-3-2-5(10)4-7(6)13-9(8)11/h2-4,11H,1H3. The molecule has 1 aromatic heterocycles. The lowest BCUT2D eigenvalue weighted by atomic mass is 10.3. The van der Waals surface area contributed by atoms with Crippen molar-refractivity contribution in [1.82, 2.24) is 0 Å². The molecular weight excluding hydrogens is 240 g/mol. The predicted octanol–water partition coefficient (Wildman–Crippen LogP) is 4.57. The number of halogens is 1. The van der Waals surface area contributed by atoms with Gasteiger partial charge < -0.3 is 0 Å². The molecule has 0 radical (unpaired) electrons. The lowest BCUT2D eigenvalue weighted by Gasteiger charge is -1.94. The van der Waals surface area contributed by atoms with Gasteiger partial charge in [-0.15, -0.1) is 35.7 Å². The molecule has 0 saturated heterocycles. The Hall–Kier alpha value is 0.170. The molecule has 0 aliphatic rings. The normalized spacial score (nSPS) is 11.0. The SMILES string of the molecule is CSc1c(S)sc2cc(Cl)ccc12. The number of thiol groups is 1. The summed E-state index contributed by atoms with van der Waals surface area (Å²) >= 11 is 13.7. The largest absolute Gasteiger partial charge is 0.132 e. The van der Waals surface area contributed by atoms with Crippen LogP contribution in [0.5, 0.6) is 0 Å². The maximum Gasteiger partial charge on any atom is 0.0716 e. The smallest absolute Gasteiger partial charge is 0.0716 e. The zero-order valence-electron chi connectivity index (χ0n) is 6.87. The van der Waals surface area contributed by atoms with E-state index in [1.807, 2.05) is 12.1 Å². The number of thiophene rings is 1. The maximum absolute atomic E-state index is 5.90. The van der Waals surface area contributed by atoms with E-state index in [9.17, 15) is 0 Å². The van der Waals surface area contributed by atoms with E-state index in [-0.39, 0.29) is 0 Å². The highest BCUT2D eigenvalue weighted by molar-refractivity contribution is 7.99. The van der Waals surface area contributed by atoms with Crippen molar-refractivity contribution in [2.75, 3.05) is 6.26 Å². The Labute approximate surface area is 95.7 Å². The molecule has 0 fully saturated rings. The van der Waals surface area contributed by atoms with Gasteiger partial charge in [-0.25, -0.2) is 0 Å². The number of rotatable bonds is 1. The molecule has 2 aromatic rings. The van der Waals surface area contributed by atoms with Crippen LogP contribution in [0.25, 0.3) is 10.1 Å². The monoisotopic (exact) mass is 246 g/mol. The topological polar surface area (TPSA) is 0 Å². The molecule has 0 bridgehead atoms. The van der Waals surface area contributed by atoms with Crippen LogP contribution in [0.3, 0.4) is 0 Å². The average molecular weight is 247 g/mol. The van der Waals surface area contributed by atoms with Crippen LogP contribution in [0.1, 0.15) is 0 Å². The van der Waals surface area contributed by atoms with E-state index in [0.29, 0.717) is 0 Å². The number of thioether (sulfide) groups is 1. The third-order valence-electron chi connectivity index (χ3n) is 1.79. The fourth-order valence-electron chi connectivity index (χ4n) is 1.23. The molecule has 0 unspecified atom stereocenters. The molecular formula is C9H7ClS3. The second kappa shape index (κ2) is 3.73. The van der Waals surface area contributed by atoms with Crippen molar-refractivity contribution in [3.8, 4) is 0 Å². The summed E-state index contributed by atoms with van der Waals surface area (Å²) in [6.45, 7) is 0. The van der Waals surface area contributed by atoms with Gasteiger partial charge in [0.25, 0.3) is 0 Å². The van der Waals surface area contributed by atoms with Crippen LogP contribution in [0.4, 0.5) is 0 Å². The highest BCUT2D eigenvalue weighted by Crippen LogP contribution is 2.40. The number of fused-ring (bicyclic) bond motifs is 1. The van der Waals surface area contributed by atoms with Crippen molar-refractivity contribution < 1.29 is 0 Å². The van der Waals surface area contributed by atoms with E-state index < -0.39 is 0 Å².